The summed E-state index contributed by atoms with van der Waals surface area (Å²) in [6.07, 6.45) is 0.866. The molecule has 9 heteroatoms. The van der Waals surface area contributed by atoms with E-state index < -0.39 is 5.54 Å². The summed E-state index contributed by atoms with van der Waals surface area (Å²) in [5.41, 5.74) is -0.512. The van der Waals surface area contributed by atoms with Crippen molar-refractivity contribution in [1.82, 2.24) is 24.9 Å². The summed E-state index contributed by atoms with van der Waals surface area (Å²) < 4.78 is 6.76. The van der Waals surface area contributed by atoms with E-state index in [1.54, 1.807) is 18.9 Å². The minimum atomic E-state index is -1.06. The first-order valence-electron chi connectivity index (χ1n) is 9.75. The number of hydrogen-bond acceptors (Lipinski definition) is 5. The number of carbonyl (C=O) groups excluding carboxylic acids is 3. The van der Waals surface area contributed by atoms with Crippen molar-refractivity contribution in [3.8, 4) is 0 Å². The first-order valence-corrected chi connectivity index (χ1v) is 9.75. The van der Waals surface area contributed by atoms with Crippen molar-refractivity contribution in [2.75, 3.05) is 39.9 Å². The van der Waals surface area contributed by atoms with Gasteiger partial charge in [0.2, 0.25) is 5.91 Å². The van der Waals surface area contributed by atoms with Gasteiger partial charge in [-0.1, -0.05) is 13.8 Å². The largest absolute Gasteiger partial charge is 0.378 e. The molecule has 2 aliphatic heterocycles. The summed E-state index contributed by atoms with van der Waals surface area (Å²) in [5, 5.41) is 7.28. The maximum Gasteiger partial charge on any atom is 0.274 e. The molecule has 0 aromatic carbocycles. The van der Waals surface area contributed by atoms with Crippen molar-refractivity contribution in [2.45, 2.75) is 39.3 Å². The van der Waals surface area contributed by atoms with E-state index in [0.29, 0.717) is 44.5 Å². The number of fused-ring (bicyclic) bond motifs is 1. The average Bonchev–Trinajstić information content (AvgIpc) is 3.09. The summed E-state index contributed by atoms with van der Waals surface area (Å²) in [5.74, 6) is -0.276. The molecular weight excluding hydrogens is 362 g/mol. The Bertz CT molecular complexity index is 768. The highest BCUT2D eigenvalue weighted by molar-refractivity contribution is 6.01. The first kappa shape index (κ1) is 20.3. The molecule has 1 N–H and O–H groups in total. The predicted molar refractivity (Wildman–Crippen MR) is 102 cm³/mol. The van der Waals surface area contributed by atoms with Crippen molar-refractivity contribution >= 4 is 17.7 Å². The Balaban J connectivity index is 1.79. The van der Waals surface area contributed by atoms with Crippen LogP contribution in [-0.4, -0.2) is 82.7 Å². The number of morpholine rings is 1. The van der Waals surface area contributed by atoms with Crippen LogP contribution in [0.15, 0.2) is 6.07 Å². The van der Waals surface area contributed by atoms with Crippen molar-refractivity contribution < 1.29 is 19.1 Å². The second-order valence-corrected chi connectivity index (χ2v) is 8.05. The lowest BCUT2D eigenvalue weighted by atomic mass is 9.95. The van der Waals surface area contributed by atoms with E-state index >= 15 is 0 Å². The van der Waals surface area contributed by atoms with Gasteiger partial charge in [-0.2, -0.15) is 5.10 Å². The molecule has 3 heterocycles. The standard InChI is InChI=1S/C19H29N5O4/c1-13(2)5-6-20-18(27)19(3)12-24-15(17(26)22(19)4)11-14(21-24)16(25)23-7-9-28-10-8-23/h11,13H,5-10,12H2,1-4H3,(H,20,27). The van der Waals surface area contributed by atoms with Crippen LogP contribution >= 0.6 is 0 Å². The molecule has 1 aromatic rings. The van der Waals surface area contributed by atoms with E-state index in [4.69, 9.17) is 4.74 Å². The monoisotopic (exact) mass is 391 g/mol. The van der Waals surface area contributed by atoms with Crippen LogP contribution in [0.4, 0.5) is 0 Å². The Kier molecular flexibility index (Phi) is 5.74. The molecule has 1 aromatic heterocycles. The average molecular weight is 391 g/mol. The van der Waals surface area contributed by atoms with Gasteiger partial charge in [-0.05, 0) is 19.3 Å². The highest BCUT2D eigenvalue weighted by atomic mass is 16.5. The molecule has 9 nitrogen and oxygen atoms in total. The highest BCUT2D eigenvalue weighted by Crippen LogP contribution is 2.26. The second kappa shape index (κ2) is 7.90. The zero-order valence-electron chi connectivity index (χ0n) is 17.0. The second-order valence-electron chi connectivity index (χ2n) is 8.05. The summed E-state index contributed by atoms with van der Waals surface area (Å²) >= 11 is 0. The van der Waals surface area contributed by atoms with Gasteiger partial charge >= 0.3 is 0 Å². The van der Waals surface area contributed by atoms with Gasteiger partial charge in [0.15, 0.2) is 5.69 Å². The molecule has 1 fully saturated rings. The maximum absolute atomic E-state index is 12.9. The number of hydrogen-bond donors (Lipinski definition) is 1. The number of amides is 3. The zero-order valence-corrected chi connectivity index (χ0v) is 17.0. The van der Waals surface area contributed by atoms with Gasteiger partial charge in [0.1, 0.15) is 11.2 Å². The molecule has 0 bridgehead atoms. The Morgan fingerprint density at radius 2 is 2.00 bits per heavy atom. The molecule has 1 saturated heterocycles. The minimum Gasteiger partial charge on any atom is -0.378 e. The number of aromatic nitrogens is 2. The van der Waals surface area contributed by atoms with E-state index in [1.807, 2.05) is 0 Å². The van der Waals surface area contributed by atoms with Gasteiger partial charge in [-0.3, -0.25) is 19.1 Å². The fourth-order valence-corrected chi connectivity index (χ4v) is 3.42. The predicted octanol–water partition coefficient (Wildman–Crippen LogP) is 0.362. The number of nitrogens with zero attached hydrogens (tertiary/aromatic N) is 4. The molecule has 2 aliphatic rings. The maximum atomic E-state index is 12.9. The number of likely N-dealkylation sites (N-methyl/N-ethyl adjacent to an activating group) is 1. The summed E-state index contributed by atoms with van der Waals surface area (Å²) in [6, 6.07) is 1.52. The van der Waals surface area contributed by atoms with E-state index in [-0.39, 0.29) is 30.0 Å². The molecule has 1 atom stereocenters. The lowest BCUT2D eigenvalue weighted by molar-refractivity contribution is -0.132. The van der Waals surface area contributed by atoms with E-state index in [2.05, 4.69) is 24.3 Å². The Morgan fingerprint density at radius 1 is 1.32 bits per heavy atom. The number of carbonyl (C=O) groups is 3. The normalized spacial score (nSPS) is 22.4. The Labute approximate surface area is 165 Å². The highest BCUT2D eigenvalue weighted by Gasteiger charge is 2.46. The summed E-state index contributed by atoms with van der Waals surface area (Å²) in [6.45, 7) is 8.67. The van der Waals surface area contributed by atoms with E-state index in [1.165, 1.54) is 15.6 Å². The Hall–Kier alpha value is -2.42. The van der Waals surface area contributed by atoms with Crippen LogP contribution in [0.2, 0.25) is 0 Å². The van der Waals surface area contributed by atoms with Crippen molar-refractivity contribution in [3.05, 3.63) is 17.5 Å². The lowest BCUT2D eigenvalue weighted by Gasteiger charge is -2.40. The molecule has 3 rings (SSSR count). The van der Waals surface area contributed by atoms with Crippen LogP contribution in [0.1, 0.15) is 48.2 Å². The number of nitrogens with one attached hydrogen (secondary N) is 1. The van der Waals surface area contributed by atoms with E-state index in [9.17, 15) is 14.4 Å². The van der Waals surface area contributed by atoms with Gasteiger partial charge in [0.05, 0.1) is 19.8 Å². The molecule has 0 aliphatic carbocycles. The molecule has 0 radical (unpaired) electrons. The third-order valence-corrected chi connectivity index (χ3v) is 5.52. The van der Waals surface area contributed by atoms with Gasteiger partial charge in [-0.25, -0.2) is 0 Å². The molecule has 0 spiro atoms. The molecular formula is C19H29N5O4. The van der Waals surface area contributed by atoms with Crippen LogP contribution in [0.25, 0.3) is 0 Å². The molecule has 28 heavy (non-hydrogen) atoms. The SMILES string of the molecule is CC(C)CCNC(=O)C1(C)Cn2nc(C(=O)N3CCOCC3)cc2C(=O)N1C. The van der Waals surface area contributed by atoms with Gasteiger partial charge in [0.25, 0.3) is 11.8 Å². The Morgan fingerprint density at radius 3 is 2.64 bits per heavy atom. The van der Waals surface area contributed by atoms with Crippen molar-refractivity contribution in [3.63, 3.8) is 0 Å². The number of rotatable bonds is 5. The van der Waals surface area contributed by atoms with Crippen molar-refractivity contribution in [2.24, 2.45) is 5.92 Å². The van der Waals surface area contributed by atoms with Crippen LogP contribution in [0.5, 0.6) is 0 Å². The zero-order chi connectivity index (χ0) is 20.5. The van der Waals surface area contributed by atoms with Gasteiger partial charge in [-0.15, -0.1) is 0 Å². The van der Waals surface area contributed by atoms with Gasteiger partial charge < -0.3 is 19.9 Å². The number of ether oxygens (including phenoxy) is 1. The van der Waals surface area contributed by atoms with E-state index in [0.717, 1.165) is 6.42 Å². The fraction of sp³-hybridized carbons (Fsp3) is 0.684. The van der Waals surface area contributed by atoms with Crippen LogP contribution < -0.4 is 5.32 Å². The minimum absolute atomic E-state index is 0.203. The topological polar surface area (TPSA) is 96.8 Å². The third-order valence-electron chi connectivity index (χ3n) is 5.52. The molecule has 3 amide bonds. The summed E-state index contributed by atoms with van der Waals surface area (Å²) in [4.78, 5) is 41.5. The molecule has 1 unspecified atom stereocenters. The quantitative estimate of drug-likeness (QED) is 0.782. The molecule has 154 valence electrons. The van der Waals surface area contributed by atoms with Crippen LogP contribution in [0, 0.1) is 5.92 Å². The third kappa shape index (κ3) is 3.76. The molecule has 0 saturated carbocycles. The lowest BCUT2D eigenvalue weighted by Crippen LogP contribution is -2.62. The van der Waals surface area contributed by atoms with Crippen LogP contribution in [-0.2, 0) is 16.1 Å². The summed E-state index contributed by atoms with van der Waals surface area (Å²) in [7, 11) is 1.62. The first-order chi connectivity index (χ1) is 13.2. The van der Waals surface area contributed by atoms with Crippen molar-refractivity contribution in [1.29, 1.82) is 0 Å². The van der Waals surface area contributed by atoms with Gasteiger partial charge in [0, 0.05) is 32.7 Å². The smallest absolute Gasteiger partial charge is 0.274 e. The fourth-order valence-electron chi connectivity index (χ4n) is 3.42. The van der Waals surface area contributed by atoms with Crippen LogP contribution in [0.3, 0.4) is 0 Å².